The van der Waals surface area contributed by atoms with E-state index in [1.165, 1.54) is 6.20 Å². The third-order valence-electron chi connectivity index (χ3n) is 4.32. The normalized spacial score (nSPS) is 15.0. The van der Waals surface area contributed by atoms with E-state index in [-0.39, 0.29) is 23.1 Å². The molecule has 1 aromatic rings. The van der Waals surface area contributed by atoms with E-state index in [0.29, 0.717) is 24.2 Å². The summed E-state index contributed by atoms with van der Waals surface area (Å²) in [6.07, 6.45) is 1.41. The zero-order chi connectivity index (χ0) is 17.0. The summed E-state index contributed by atoms with van der Waals surface area (Å²) in [4.78, 5) is 31.3. The first-order valence-corrected chi connectivity index (χ1v) is 9.23. The van der Waals surface area contributed by atoms with Crippen molar-refractivity contribution in [3.8, 4) is 0 Å². The topological polar surface area (TPSA) is 67.2 Å². The van der Waals surface area contributed by atoms with Gasteiger partial charge in [-0.3, -0.25) is 19.1 Å². The summed E-state index contributed by atoms with van der Waals surface area (Å²) in [5.41, 5.74) is -0.0975. The fourth-order valence-electron chi connectivity index (χ4n) is 2.94. The summed E-state index contributed by atoms with van der Waals surface area (Å²) >= 11 is 1.55. The van der Waals surface area contributed by atoms with Gasteiger partial charge < -0.3 is 5.32 Å². The molecular formula is C16H26N4O2S. The lowest BCUT2D eigenvalue weighted by molar-refractivity contribution is 0.0918. The maximum Gasteiger partial charge on any atom is 0.267 e. The largest absolute Gasteiger partial charge is 0.350 e. The third kappa shape index (κ3) is 3.95. The molecule has 7 heteroatoms. The van der Waals surface area contributed by atoms with E-state index in [9.17, 15) is 9.59 Å². The number of fused-ring (bicyclic) bond motifs is 1. The Balaban J connectivity index is 2.09. The molecule has 0 spiro atoms. The van der Waals surface area contributed by atoms with Gasteiger partial charge in [-0.05, 0) is 19.0 Å². The van der Waals surface area contributed by atoms with Crippen molar-refractivity contribution < 1.29 is 4.79 Å². The van der Waals surface area contributed by atoms with Gasteiger partial charge in [-0.1, -0.05) is 39.5 Å². The molecule has 1 aromatic heterocycles. The van der Waals surface area contributed by atoms with Crippen molar-refractivity contribution in [2.45, 2.75) is 45.4 Å². The number of nitrogens with one attached hydrogen (secondary N) is 1. The van der Waals surface area contributed by atoms with Crippen molar-refractivity contribution in [3.05, 3.63) is 22.1 Å². The number of hydrogen-bond donors (Lipinski definition) is 1. The van der Waals surface area contributed by atoms with Gasteiger partial charge in [0.25, 0.3) is 11.5 Å². The van der Waals surface area contributed by atoms with Gasteiger partial charge in [-0.2, -0.15) is 0 Å². The van der Waals surface area contributed by atoms with Gasteiger partial charge in [0, 0.05) is 31.1 Å². The van der Waals surface area contributed by atoms with E-state index in [0.717, 1.165) is 18.8 Å². The minimum atomic E-state index is -0.326. The average molecular weight is 338 g/mol. The van der Waals surface area contributed by atoms with Gasteiger partial charge in [-0.25, -0.2) is 4.98 Å². The molecule has 0 fully saturated rings. The summed E-state index contributed by atoms with van der Waals surface area (Å²) in [7, 11) is 0. The van der Waals surface area contributed by atoms with Crippen LogP contribution in [0.15, 0.2) is 16.1 Å². The predicted molar refractivity (Wildman–Crippen MR) is 93.1 cm³/mol. The molecule has 0 bridgehead atoms. The molecule has 0 saturated carbocycles. The van der Waals surface area contributed by atoms with E-state index in [4.69, 9.17) is 0 Å². The highest BCUT2D eigenvalue weighted by molar-refractivity contribution is 7.99. The van der Waals surface area contributed by atoms with Crippen LogP contribution < -0.4 is 10.9 Å². The first-order chi connectivity index (χ1) is 11.0. The molecule has 0 aromatic carbocycles. The Morgan fingerprint density at radius 3 is 2.74 bits per heavy atom. The molecule has 128 valence electrons. The SMILES string of the molecule is CCN(CC)C(CNC(=O)c1cnc2n(c1=O)CCS2)C(C)C. The van der Waals surface area contributed by atoms with Crippen molar-refractivity contribution in [2.75, 3.05) is 25.4 Å². The van der Waals surface area contributed by atoms with Crippen LogP contribution in [0.25, 0.3) is 0 Å². The van der Waals surface area contributed by atoms with Crippen molar-refractivity contribution in [3.63, 3.8) is 0 Å². The van der Waals surface area contributed by atoms with Gasteiger partial charge >= 0.3 is 0 Å². The maximum absolute atomic E-state index is 12.4. The molecule has 1 aliphatic rings. The minimum absolute atomic E-state index is 0.137. The zero-order valence-corrected chi connectivity index (χ0v) is 15.2. The number of rotatable bonds is 7. The highest BCUT2D eigenvalue weighted by Crippen LogP contribution is 2.20. The summed E-state index contributed by atoms with van der Waals surface area (Å²) in [6, 6.07) is 0.259. The summed E-state index contributed by atoms with van der Waals surface area (Å²) < 4.78 is 1.59. The van der Waals surface area contributed by atoms with E-state index in [1.54, 1.807) is 16.3 Å². The lowest BCUT2D eigenvalue weighted by atomic mass is 10.0. The van der Waals surface area contributed by atoms with Gasteiger partial charge in [0.15, 0.2) is 5.16 Å². The second-order valence-corrected chi connectivity index (χ2v) is 7.06. The molecule has 23 heavy (non-hydrogen) atoms. The molecule has 1 amide bonds. The number of amides is 1. The summed E-state index contributed by atoms with van der Waals surface area (Å²) in [5, 5.41) is 3.62. The molecule has 1 unspecified atom stereocenters. The van der Waals surface area contributed by atoms with Crippen LogP contribution in [-0.4, -0.2) is 51.8 Å². The van der Waals surface area contributed by atoms with Crippen LogP contribution in [0.4, 0.5) is 0 Å². The van der Waals surface area contributed by atoms with Crippen molar-refractivity contribution in [1.82, 2.24) is 19.8 Å². The number of thioether (sulfide) groups is 1. The van der Waals surface area contributed by atoms with Crippen LogP contribution in [0.1, 0.15) is 38.1 Å². The maximum atomic E-state index is 12.4. The van der Waals surface area contributed by atoms with Crippen LogP contribution in [0.5, 0.6) is 0 Å². The molecule has 2 heterocycles. The number of likely N-dealkylation sites (N-methyl/N-ethyl adjacent to an activating group) is 1. The molecule has 0 radical (unpaired) electrons. The van der Waals surface area contributed by atoms with E-state index in [1.807, 2.05) is 0 Å². The Bertz CT molecular complexity index is 611. The molecule has 1 aliphatic heterocycles. The molecule has 0 saturated heterocycles. The highest BCUT2D eigenvalue weighted by Gasteiger charge is 2.23. The van der Waals surface area contributed by atoms with Gasteiger partial charge in [-0.15, -0.1) is 0 Å². The van der Waals surface area contributed by atoms with E-state index < -0.39 is 0 Å². The van der Waals surface area contributed by atoms with Crippen LogP contribution in [0, 0.1) is 5.92 Å². The molecule has 6 nitrogen and oxygen atoms in total. The van der Waals surface area contributed by atoms with Crippen LogP contribution in [0.3, 0.4) is 0 Å². The number of nitrogens with zero attached hydrogens (tertiary/aromatic N) is 3. The highest BCUT2D eigenvalue weighted by atomic mass is 32.2. The molecule has 1 N–H and O–H groups in total. The standard InChI is InChI=1S/C16H26N4O2S/c1-5-19(6-2)13(11(3)4)10-17-14(21)12-9-18-16-20(15(12)22)7-8-23-16/h9,11,13H,5-8,10H2,1-4H3,(H,17,21). The molecular weight excluding hydrogens is 312 g/mol. The van der Waals surface area contributed by atoms with Crippen molar-refractivity contribution in [1.29, 1.82) is 0 Å². The second-order valence-electron chi connectivity index (χ2n) is 6.00. The van der Waals surface area contributed by atoms with Gasteiger partial charge in [0.1, 0.15) is 5.56 Å². The molecule has 0 aliphatic carbocycles. The van der Waals surface area contributed by atoms with Gasteiger partial charge in [0.05, 0.1) is 0 Å². The fraction of sp³-hybridized carbons (Fsp3) is 0.688. The van der Waals surface area contributed by atoms with Crippen molar-refractivity contribution >= 4 is 17.7 Å². The fourth-order valence-corrected chi connectivity index (χ4v) is 3.86. The van der Waals surface area contributed by atoms with E-state index >= 15 is 0 Å². The minimum Gasteiger partial charge on any atom is -0.350 e. The first-order valence-electron chi connectivity index (χ1n) is 8.24. The lowest BCUT2D eigenvalue weighted by Gasteiger charge is -2.32. The smallest absolute Gasteiger partial charge is 0.267 e. The lowest BCUT2D eigenvalue weighted by Crippen LogP contribution is -2.47. The summed E-state index contributed by atoms with van der Waals surface area (Å²) in [5.74, 6) is 0.934. The Morgan fingerprint density at radius 1 is 1.43 bits per heavy atom. The van der Waals surface area contributed by atoms with Crippen LogP contribution in [-0.2, 0) is 6.54 Å². The monoisotopic (exact) mass is 338 g/mol. The average Bonchev–Trinajstić information content (AvgIpc) is 3.00. The van der Waals surface area contributed by atoms with Crippen LogP contribution in [0.2, 0.25) is 0 Å². The molecule has 2 rings (SSSR count). The quantitative estimate of drug-likeness (QED) is 0.762. The Labute approximate surface area is 141 Å². The first kappa shape index (κ1) is 18.0. The second kappa shape index (κ2) is 7.97. The van der Waals surface area contributed by atoms with Crippen molar-refractivity contribution in [2.24, 2.45) is 5.92 Å². The third-order valence-corrected chi connectivity index (χ3v) is 5.29. The number of aromatic nitrogens is 2. The van der Waals surface area contributed by atoms with Crippen LogP contribution >= 0.6 is 11.8 Å². The van der Waals surface area contributed by atoms with Gasteiger partial charge in [0.2, 0.25) is 0 Å². The number of hydrogen-bond acceptors (Lipinski definition) is 5. The Kier molecular flexibility index (Phi) is 6.24. The predicted octanol–water partition coefficient (Wildman–Crippen LogP) is 1.45. The number of carbonyl (C=O) groups excluding carboxylic acids is 1. The number of carbonyl (C=O) groups is 1. The Hall–Kier alpha value is -1.34. The summed E-state index contributed by atoms with van der Waals surface area (Å²) in [6.45, 7) is 11.6. The zero-order valence-electron chi connectivity index (χ0n) is 14.3. The Morgan fingerprint density at radius 2 is 2.13 bits per heavy atom. The van der Waals surface area contributed by atoms with E-state index in [2.05, 4.69) is 42.9 Å². The molecule has 1 atom stereocenters.